The van der Waals surface area contributed by atoms with Crippen molar-refractivity contribution in [2.24, 2.45) is 0 Å². The molecular weight excluding hydrogens is 540 g/mol. The number of hydrogen-bond acceptors (Lipinski definition) is 13. The van der Waals surface area contributed by atoms with Crippen molar-refractivity contribution in [1.29, 1.82) is 0 Å². The molecule has 4 rings (SSSR count). The van der Waals surface area contributed by atoms with Crippen molar-refractivity contribution in [2.45, 2.75) is 43.2 Å². The van der Waals surface area contributed by atoms with Gasteiger partial charge in [0.1, 0.15) is 47.9 Å². The van der Waals surface area contributed by atoms with Gasteiger partial charge in [-0.3, -0.25) is 4.79 Å². The lowest BCUT2D eigenvalue weighted by Crippen LogP contribution is -2.60. The van der Waals surface area contributed by atoms with Gasteiger partial charge in [-0.25, -0.2) is 9.21 Å². The molecule has 1 aromatic heterocycles. The average molecular weight is 565 g/mol. The number of hydrogen-bond donors (Lipinski definition) is 9. The van der Waals surface area contributed by atoms with Gasteiger partial charge in [0.25, 0.3) is 0 Å². The van der Waals surface area contributed by atoms with Crippen molar-refractivity contribution in [2.75, 3.05) is 6.61 Å². The quantitative estimate of drug-likeness (QED) is 0.0971. The number of ether oxygens (including phenoxy) is 3. The highest BCUT2D eigenvalue weighted by Gasteiger charge is 2.46. The molecule has 2 aromatic carbocycles. The fourth-order valence-corrected chi connectivity index (χ4v) is 3.89. The summed E-state index contributed by atoms with van der Waals surface area (Å²) in [6.45, 7) is -0.725. The normalized spacial score (nSPS) is 23.4. The zero-order valence-corrected chi connectivity index (χ0v) is 20.3. The number of phenols is 4. The summed E-state index contributed by atoms with van der Waals surface area (Å²) in [7, 11) is 0. The van der Waals surface area contributed by atoms with Gasteiger partial charge in [-0.2, -0.15) is 0 Å². The molecule has 0 saturated carbocycles. The van der Waals surface area contributed by atoms with E-state index >= 15 is 0 Å². The molecule has 9 N–H and O–H groups in total. The first-order chi connectivity index (χ1) is 18.8. The molecule has 0 amide bonds. The molecule has 40 heavy (non-hydrogen) atoms. The highest BCUT2D eigenvalue weighted by Crippen LogP contribution is 2.42. The standard InChI is InChI=1S/C25H24O15/c26-10-4-13(28)11-6-17(23(38-16(11)5-10)9-1-2-12(27)14(29)3-9)39-25-22(34)21(33)20(32)18(40-25)8-37-19(31)7-15(30)24(35)36/h1-6,15,18,20-22,25,30,32-34H,7-8H2,(H4-,26,27,28,29,35,36)/p+1. The summed E-state index contributed by atoms with van der Waals surface area (Å²) < 4.78 is 21.9. The largest absolute Gasteiger partial charge is 0.507 e. The number of carboxylic acids is 1. The molecule has 15 nitrogen and oxygen atoms in total. The van der Waals surface area contributed by atoms with Crippen molar-refractivity contribution < 1.29 is 74.2 Å². The number of fused-ring (bicyclic) bond motifs is 1. The highest BCUT2D eigenvalue weighted by atomic mass is 16.7. The van der Waals surface area contributed by atoms with E-state index in [2.05, 4.69) is 0 Å². The maximum atomic E-state index is 11.8. The molecule has 0 radical (unpaired) electrons. The number of rotatable bonds is 8. The van der Waals surface area contributed by atoms with Crippen LogP contribution >= 0.6 is 0 Å². The maximum Gasteiger partial charge on any atom is 0.402 e. The topological polar surface area (TPSA) is 255 Å². The predicted molar refractivity (Wildman–Crippen MR) is 129 cm³/mol. The Morgan fingerprint density at radius 2 is 1.65 bits per heavy atom. The molecule has 3 aromatic rings. The number of aliphatic hydroxyl groups excluding tert-OH is 4. The summed E-state index contributed by atoms with van der Waals surface area (Å²) in [5.41, 5.74) is 0.102. The van der Waals surface area contributed by atoms with Crippen LogP contribution in [0.1, 0.15) is 6.42 Å². The summed E-state index contributed by atoms with van der Waals surface area (Å²) in [6.07, 6.45) is -11.7. The lowest BCUT2D eigenvalue weighted by atomic mass is 9.99. The van der Waals surface area contributed by atoms with Crippen molar-refractivity contribution >= 4 is 22.9 Å². The molecule has 1 fully saturated rings. The first-order valence-electron chi connectivity index (χ1n) is 11.6. The molecular formula is C25H25O15+. The Bertz CT molecular complexity index is 1420. The van der Waals surface area contributed by atoms with Crippen molar-refractivity contribution in [3.63, 3.8) is 0 Å². The van der Waals surface area contributed by atoms with Gasteiger partial charge in [-0.15, -0.1) is 0 Å². The monoisotopic (exact) mass is 565 g/mol. The van der Waals surface area contributed by atoms with Crippen molar-refractivity contribution in [1.82, 2.24) is 0 Å². The first-order valence-corrected chi connectivity index (χ1v) is 11.6. The molecule has 0 bridgehead atoms. The Labute approximate surface area is 223 Å². The lowest BCUT2D eigenvalue weighted by Gasteiger charge is -2.39. The highest BCUT2D eigenvalue weighted by molar-refractivity contribution is 5.88. The number of carbonyl (C=O) groups excluding carboxylic acids is 1. The van der Waals surface area contributed by atoms with Gasteiger partial charge in [0.15, 0.2) is 17.6 Å². The SMILES string of the molecule is O=C(CC(O)C(=O)O)OCC1OC(Oc2cc3c(O)cc(O)cc3[o+]c2-c2ccc(O)c(O)c2)C(O)C(O)C1O. The van der Waals surface area contributed by atoms with Gasteiger partial charge in [0.05, 0.1) is 18.1 Å². The minimum absolute atomic E-state index is 0.0266. The maximum absolute atomic E-state index is 11.8. The van der Waals surface area contributed by atoms with Crippen LogP contribution in [0.25, 0.3) is 22.3 Å². The van der Waals surface area contributed by atoms with Crippen LogP contribution in [-0.4, -0.2) is 101 Å². The molecule has 6 atom stereocenters. The number of aromatic hydroxyl groups is 4. The van der Waals surface area contributed by atoms with Crippen LogP contribution < -0.4 is 4.74 Å². The Kier molecular flexibility index (Phi) is 8.13. The Balaban J connectivity index is 1.65. The molecule has 0 aliphatic carbocycles. The molecule has 1 aliphatic rings. The van der Waals surface area contributed by atoms with Gasteiger partial charge in [-0.1, -0.05) is 0 Å². The first kappa shape index (κ1) is 28.6. The number of carbonyl (C=O) groups is 2. The number of carboxylic acid groups (broad SMARTS) is 1. The van der Waals surface area contributed by atoms with Gasteiger partial charge in [0.2, 0.25) is 12.0 Å². The van der Waals surface area contributed by atoms with Crippen LogP contribution in [0.4, 0.5) is 0 Å². The molecule has 6 unspecified atom stereocenters. The molecule has 0 spiro atoms. The molecule has 1 aliphatic heterocycles. The Hall–Kier alpha value is -4.41. The molecule has 1 saturated heterocycles. The second-order valence-electron chi connectivity index (χ2n) is 8.89. The number of esters is 1. The zero-order chi connectivity index (χ0) is 29.3. The minimum Gasteiger partial charge on any atom is -0.507 e. The Morgan fingerprint density at radius 1 is 0.925 bits per heavy atom. The van der Waals surface area contributed by atoms with E-state index in [9.17, 15) is 50.4 Å². The lowest BCUT2D eigenvalue weighted by molar-refractivity contribution is -0.278. The van der Waals surface area contributed by atoms with E-state index in [4.69, 9.17) is 23.7 Å². The van der Waals surface area contributed by atoms with E-state index in [0.29, 0.717) is 0 Å². The third-order valence-corrected chi connectivity index (χ3v) is 6.02. The molecule has 15 heteroatoms. The summed E-state index contributed by atoms with van der Waals surface area (Å²) in [5, 5.41) is 89.1. The third-order valence-electron chi connectivity index (χ3n) is 6.02. The Morgan fingerprint density at radius 3 is 2.33 bits per heavy atom. The number of aliphatic hydroxyl groups is 4. The van der Waals surface area contributed by atoms with Gasteiger partial charge in [-0.05, 0) is 12.1 Å². The van der Waals surface area contributed by atoms with E-state index in [1.807, 2.05) is 0 Å². The fraction of sp³-hybridized carbons (Fsp3) is 0.320. The third kappa shape index (κ3) is 5.93. The molecule has 214 valence electrons. The van der Waals surface area contributed by atoms with Crippen LogP contribution in [-0.2, 0) is 19.1 Å². The van der Waals surface area contributed by atoms with E-state index in [1.165, 1.54) is 18.2 Å². The van der Waals surface area contributed by atoms with E-state index in [1.54, 1.807) is 0 Å². The predicted octanol–water partition coefficient (Wildman–Crippen LogP) is -0.231. The van der Waals surface area contributed by atoms with Gasteiger partial charge in [0, 0.05) is 18.2 Å². The van der Waals surface area contributed by atoms with Crippen molar-refractivity contribution in [3.05, 3.63) is 36.4 Å². The second-order valence-corrected chi connectivity index (χ2v) is 8.89. The summed E-state index contributed by atoms with van der Waals surface area (Å²) in [6, 6.07) is 7.03. The number of phenolic OH excluding ortho intramolecular Hbond substituents is 4. The zero-order valence-electron chi connectivity index (χ0n) is 20.3. The summed E-state index contributed by atoms with van der Waals surface area (Å²) >= 11 is 0. The van der Waals surface area contributed by atoms with Crippen LogP contribution in [0.15, 0.2) is 40.8 Å². The van der Waals surface area contributed by atoms with Gasteiger partial charge >= 0.3 is 23.3 Å². The van der Waals surface area contributed by atoms with Crippen molar-refractivity contribution in [3.8, 4) is 40.1 Å². The van der Waals surface area contributed by atoms with Crippen LogP contribution in [0.5, 0.6) is 28.7 Å². The van der Waals surface area contributed by atoms with Gasteiger partial charge < -0.3 is 60.2 Å². The van der Waals surface area contributed by atoms with E-state index in [0.717, 1.165) is 18.2 Å². The summed E-state index contributed by atoms with van der Waals surface area (Å²) in [4.78, 5) is 22.6. The van der Waals surface area contributed by atoms with E-state index < -0.39 is 79.0 Å². The minimum atomic E-state index is -2.03. The van der Waals surface area contributed by atoms with E-state index in [-0.39, 0.29) is 33.8 Å². The number of aliphatic carboxylic acids is 1. The summed E-state index contributed by atoms with van der Waals surface area (Å²) in [5.74, 6) is -4.90. The molecule has 2 heterocycles. The van der Waals surface area contributed by atoms with Crippen LogP contribution in [0.2, 0.25) is 0 Å². The number of benzene rings is 2. The smallest absolute Gasteiger partial charge is 0.402 e. The van der Waals surface area contributed by atoms with Crippen LogP contribution in [0.3, 0.4) is 0 Å². The van der Waals surface area contributed by atoms with Crippen LogP contribution in [0, 0.1) is 0 Å². The second kappa shape index (κ2) is 11.4. The fourth-order valence-electron chi connectivity index (χ4n) is 3.89. The average Bonchev–Trinajstić information content (AvgIpc) is 2.89.